The van der Waals surface area contributed by atoms with Crippen LogP contribution >= 0.6 is 92.8 Å². The second-order valence-corrected chi connectivity index (χ2v) is 35.6. The molecule has 15 aromatic rings. The standard InChI is InChI=1S/C25H18Cl2N4O2.C24H14Cl2FN3O2.C24H17Cl2N5O2.C17H12Cl2N2O2.C8H6FN.C8H4O3/c1-14-18-12-17(7-9-21(18)30-29-14)31-13-16(11-24(31)32)15-6-8-19(26)23(10-15)33-25-20(27)4-3-5-22(25)28-2;1-29-21-4-2-3-19(26)24(21)32-22-10-14(5-7-18(22)25)16-11-23(31)30(13-16)17-6-8-20(27)15(9-17)12-28;1-28-20-4-2-3-18(26)23(20)33-21-9-13(5-7-17(21)25)14-10-22(32)31(12-14)15-6-8-19-16(11-15)24(27)30-29-19;1-20-14-4-2-3-13(19)17(14)23-15-7-10(5-6-12(15)18)11-8-16(22)21-9-11;1-6-2-3-8(9)7(4-6)5-10;9-7-5-3-1-2-4-6(5)8(10)11-7/h3-10,12,16H,11,13H2,1H3,(H,29,30);2-10,16H,11,13H2;2-9,11,14H,10,12H2,(H3,27,29,30);2-7,11H,8-9H2,(H,21,22);2-4H,1H3;1-4H/t2*16-;14-;11-;;/m0000../s1. The lowest BCUT2D eigenvalue weighted by atomic mass is 9.98. The molecule has 5 aliphatic rings. The van der Waals surface area contributed by atoms with Crippen molar-refractivity contribution in [2.45, 2.75) is 63.2 Å². The monoisotopic (exact) mass is 2050 g/mol. The number of esters is 2. The number of H-pyrrole nitrogens is 2. The quantitative estimate of drug-likeness (QED) is 0.0421. The van der Waals surface area contributed by atoms with E-state index in [1.807, 2.05) is 80.6 Å². The van der Waals surface area contributed by atoms with Crippen LogP contribution in [-0.2, 0) is 23.9 Å². The molecule has 5 N–H and O–H groups in total. The van der Waals surface area contributed by atoms with E-state index >= 15 is 0 Å². The molecule has 0 unspecified atom stereocenters. The molecule has 4 saturated heterocycles. The number of hydrogen-bond donors (Lipinski definition) is 4. The summed E-state index contributed by atoms with van der Waals surface area (Å²) >= 11 is 50.1. The van der Waals surface area contributed by atoms with Crippen LogP contribution in [0.1, 0.15) is 115 Å². The zero-order valence-electron chi connectivity index (χ0n) is 74.3. The van der Waals surface area contributed by atoms with Crippen LogP contribution in [0.4, 0.5) is 54.4 Å². The number of anilines is 4. The summed E-state index contributed by atoms with van der Waals surface area (Å²) in [5.74, 6) is 0.564. The van der Waals surface area contributed by atoms with Gasteiger partial charge in [-0.15, -0.1) is 0 Å². The molecule has 0 bridgehead atoms. The Morgan fingerprint density at radius 1 is 0.408 bits per heavy atom. The van der Waals surface area contributed by atoms with Gasteiger partial charge in [-0.2, -0.15) is 20.7 Å². The third-order valence-electron chi connectivity index (χ3n) is 23.3. The third-order valence-corrected chi connectivity index (χ3v) is 25.7. The number of halogens is 10. The zero-order valence-corrected chi connectivity index (χ0v) is 80.4. The van der Waals surface area contributed by atoms with Gasteiger partial charge in [0.15, 0.2) is 28.8 Å². The fourth-order valence-corrected chi connectivity index (χ4v) is 17.4. The first-order valence-electron chi connectivity index (χ1n) is 43.0. The molecule has 142 heavy (non-hydrogen) atoms. The number of amides is 4. The lowest BCUT2D eigenvalue weighted by molar-refractivity contribution is -0.119. The van der Waals surface area contributed by atoms with Crippen molar-refractivity contribution in [3.05, 3.63) is 396 Å². The number of nitrogen functional groups attached to an aromatic ring is 1. The van der Waals surface area contributed by atoms with Gasteiger partial charge in [-0.3, -0.25) is 29.4 Å². The molecule has 26 nitrogen and oxygen atoms in total. The summed E-state index contributed by atoms with van der Waals surface area (Å²) in [7, 11) is 0. The Balaban J connectivity index is 0.000000134. The van der Waals surface area contributed by atoms with Crippen molar-refractivity contribution in [2.24, 2.45) is 0 Å². The lowest BCUT2D eigenvalue weighted by Crippen LogP contribution is -2.24. The molecule has 4 atom stereocenters. The average Bonchev–Trinajstić information content (AvgIpc) is 1.64. The number of nitriles is 2. The number of para-hydroxylation sites is 4. The van der Waals surface area contributed by atoms with E-state index in [1.54, 1.807) is 168 Å². The van der Waals surface area contributed by atoms with Crippen molar-refractivity contribution in [1.29, 1.82) is 10.5 Å². The Labute approximate surface area is 850 Å². The van der Waals surface area contributed by atoms with E-state index in [-0.39, 0.29) is 98.6 Å². The lowest BCUT2D eigenvalue weighted by Gasteiger charge is -2.18. The number of aromatic nitrogens is 4. The largest absolute Gasteiger partial charge is 0.465 e. The van der Waals surface area contributed by atoms with Crippen LogP contribution in [0.5, 0.6) is 46.0 Å². The van der Waals surface area contributed by atoms with Crippen molar-refractivity contribution >= 4 is 196 Å². The Kier molecular flexibility index (Phi) is 31.7. The molecule has 706 valence electrons. The summed E-state index contributed by atoms with van der Waals surface area (Å²) in [6.45, 7) is 35.0. The van der Waals surface area contributed by atoms with Crippen molar-refractivity contribution in [3.63, 3.8) is 0 Å². The number of nitrogens with one attached hydrogen (secondary N) is 3. The molecular formula is C106H71Cl8F2N15O11. The molecule has 0 aliphatic carbocycles. The number of rotatable bonds is 15. The minimum Gasteiger partial charge on any atom is -0.465 e. The van der Waals surface area contributed by atoms with Crippen LogP contribution in [0.3, 0.4) is 0 Å². The number of ether oxygens (including phenoxy) is 5. The number of aromatic amines is 2. The molecule has 0 spiro atoms. The summed E-state index contributed by atoms with van der Waals surface area (Å²) in [5, 5.41) is 38.9. The molecule has 5 aliphatic heterocycles. The average molecular weight is 2050 g/mol. The summed E-state index contributed by atoms with van der Waals surface area (Å²) in [5.41, 5.74) is 17.1. The van der Waals surface area contributed by atoms with E-state index in [2.05, 4.69) is 49.8 Å². The number of fused-ring (bicyclic) bond motifs is 3. The SMILES string of the molecule is Cc1ccc(F)c(C#N)c1.O=C1OC(=O)c2ccccc21.[C-]#[N+]c1cccc(Cl)c1Oc1cc([C@@H]2CNC(=O)C2)ccc1Cl.[C-]#[N+]c1cccc(Cl)c1Oc1cc([C@H]2CC(=O)N(c3ccc(F)c(C#N)c3)C2)ccc1Cl.[C-]#[N+]c1cccc(Cl)c1Oc1cc([C@H]2CC(=O)N(c3ccc4[nH]nc(N)c4c3)C2)ccc1Cl.[C-]#[N+]c1cccc(Cl)c1Oc1cc([C@H]2CC(=O)N(c3ccc4n[nH]c(C)c4c3)C2)ccc1Cl. The van der Waals surface area contributed by atoms with Gasteiger partial charge >= 0.3 is 11.9 Å². The number of nitrogens with two attached hydrogens (primary N) is 1. The number of aryl methyl sites for hydroxylation is 2. The number of carbonyl (C=O) groups excluding carboxylic acids is 6. The van der Waals surface area contributed by atoms with Crippen LogP contribution in [0.25, 0.3) is 41.2 Å². The number of nitrogens with zero attached hydrogens (tertiary/aromatic N) is 11. The van der Waals surface area contributed by atoms with Gasteiger partial charge in [0.25, 0.3) is 0 Å². The Morgan fingerprint density at radius 2 is 0.775 bits per heavy atom. The van der Waals surface area contributed by atoms with Gasteiger partial charge in [0.2, 0.25) is 46.4 Å². The van der Waals surface area contributed by atoms with Crippen molar-refractivity contribution in [2.75, 3.05) is 46.6 Å². The maximum absolute atomic E-state index is 13.7. The van der Waals surface area contributed by atoms with E-state index < -0.39 is 23.6 Å². The summed E-state index contributed by atoms with van der Waals surface area (Å²) in [6.07, 6.45) is 1.41. The van der Waals surface area contributed by atoms with Gasteiger partial charge < -0.3 is 49.4 Å². The Hall–Kier alpha value is -16.1. The summed E-state index contributed by atoms with van der Waals surface area (Å²) < 4.78 is 54.2. The third kappa shape index (κ3) is 22.9. The van der Waals surface area contributed by atoms with E-state index in [4.69, 9.17) is 154 Å². The molecule has 4 amide bonds. The first kappa shape index (κ1) is 100. The van der Waals surface area contributed by atoms with Crippen LogP contribution < -0.4 is 44.7 Å². The molecule has 7 heterocycles. The molecule has 4 fully saturated rings. The second-order valence-electron chi connectivity index (χ2n) is 32.4. The highest BCUT2D eigenvalue weighted by atomic mass is 35.5. The number of benzene rings is 13. The first-order valence-corrected chi connectivity index (χ1v) is 46.0. The summed E-state index contributed by atoms with van der Waals surface area (Å²) in [4.78, 5) is 90.3. The highest BCUT2D eigenvalue weighted by Gasteiger charge is 2.37. The predicted molar refractivity (Wildman–Crippen MR) is 541 cm³/mol. The van der Waals surface area contributed by atoms with Gasteiger partial charge in [0.1, 0.15) is 46.8 Å². The van der Waals surface area contributed by atoms with Crippen LogP contribution in [-0.4, -0.2) is 82.1 Å². The predicted octanol–water partition coefficient (Wildman–Crippen LogP) is 28.2. The number of carbonyl (C=O) groups is 6. The fraction of sp³-hybridized carbons (Fsp3) is 0.132. The molecule has 2 aromatic heterocycles. The van der Waals surface area contributed by atoms with Crippen LogP contribution in [0, 0.1) is 74.4 Å². The van der Waals surface area contributed by atoms with Gasteiger partial charge in [-0.25, -0.2) is 37.7 Å². The molecule has 20 rings (SSSR count). The molecular weight excluding hydrogens is 1980 g/mol. The summed E-state index contributed by atoms with van der Waals surface area (Å²) in [6, 6.07) is 71.3. The fourth-order valence-electron chi connectivity index (χ4n) is 16.0. The Bertz CT molecular complexity index is 7610. The van der Waals surface area contributed by atoms with Crippen molar-refractivity contribution in [1.82, 2.24) is 25.7 Å². The van der Waals surface area contributed by atoms with Crippen LogP contribution in [0.15, 0.2) is 243 Å². The van der Waals surface area contributed by atoms with Crippen molar-refractivity contribution < 1.29 is 61.2 Å². The van der Waals surface area contributed by atoms with Gasteiger partial charge in [-0.1, -0.05) is 184 Å². The first-order chi connectivity index (χ1) is 68.4. The number of cyclic esters (lactones) is 2. The smallest absolute Gasteiger partial charge is 0.346 e. The topological polar surface area (TPSA) is 319 Å². The second kappa shape index (κ2) is 44.8. The van der Waals surface area contributed by atoms with E-state index in [0.717, 1.165) is 66.7 Å². The Morgan fingerprint density at radius 3 is 1.15 bits per heavy atom. The molecule has 0 radical (unpaired) electrons. The van der Waals surface area contributed by atoms with E-state index in [1.165, 1.54) is 35.2 Å². The maximum Gasteiger partial charge on any atom is 0.346 e. The minimum absolute atomic E-state index is 0.0141. The highest BCUT2D eigenvalue weighted by Crippen LogP contribution is 2.49. The van der Waals surface area contributed by atoms with Crippen LogP contribution in [0.2, 0.25) is 40.2 Å². The molecule has 0 saturated carbocycles. The zero-order chi connectivity index (χ0) is 101. The van der Waals surface area contributed by atoms with E-state index in [0.29, 0.717) is 143 Å². The number of hydrogen-bond acceptors (Lipinski definition) is 16. The van der Waals surface area contributed by atoms with Gasteiger partial charge in [0.05, 0.1) is 99.8 Å². The molecule has 36 heteroatoms. The normalized spacial score (nSPS) is 15.2. The van der Waals surface area contributed by atoms with E-state index in [9.17, 15) is 37.5 Å². The van der Waals surface area contributed by atoms with Gasteiger partial charge in [0, 0.05) is 109 Å². The highest BCUT2D eigenvalue weighted by molar-refractivity contribution is 6.35. The maximum atomic E-state index is 13.7. The van der Waals surface area contributed by atoms with Crippen molar-refractivity contribution in [3.8, 4) is 58.1 Å². The minimum atomic E-state index is -0.628. The molecule has 13 aromatic carbocycles. The van der Waals surface area contributed by atoms with Gasteiger partial charge in [-0.05, 0) is 193 Å².